The second-order valence-corrected chi connectivity index (χ2v) is 6.49. The van der Waals surface area contributed by atoms with Crippen LogP contribution in [0.15, 0.2) is 28.3 Å². The molecule has 1 N–H and O–H groups in total. The molecular weight excluding hydrogens is 260 g/mol. The van der Waals surface area contributed by atoms with Crippen LogP contribution < -0.4 is 5.32 Å². The lowest BCUT2D eigenvalue weighted by molar-refractivity contribution is 0.201. The van der Waals surface area contributed by atoms with Gasteiger partial charge in [-0.25, -0.2) is 0 Å². The van der Waals surface area contributed by atoms with Gasteiger partial charge >= 0.3 is 0 Å². The summed E-state index contributed by atoms with van der Waals surface area (Å²) in [6.45, 7) is 6.66. The highest BCUT2D eigenvalue weighted by molar-refractivity contribution is 7.10. The van der Waals surface area contributed by atoms with Gasteiger partial charge < -0.3 is 5.32 Å². The molecule has 1 aliphatic heterocycles. The van der Waals surface area contributed by atoms with Crippen LogP contribution in [0.5, 0.6) is 0 Å². The van der Waals surface area contributed by atoms with Crippen LogP contribution in [0.2, 0.25) is 0 Å². The molecule has 1 saturated heterocycles. The van der Waals surface area contributed by atoms with Crippen LogP contribution in [0.25, 0.3) is 0 Å². The molecule has 3 rings (SSSR count). The van der Waals surface area contributed by atoms with E-state index in [9.17, 15) is 0 Å². The summed E-state index contributed by atoms with van der Waals surface area (Å²) >= 11 is 3.69. The molecule has 0 aliphatic carbocycles. The minimum Gasteiger partial charge on any atom is -0.314 e. The van der Waals surface area contributed by atoms with Crippen LogP contribution in [0.1, 0.15) is 22.0 Å². The Morgan fingerprint density at radius 3 is 2.72 bits per heavy atom. The largest absolute Gasteiger partial charge is 0.314 e. The quantitative estimate of drug-likeness (QED) is 0.928. The predicted octanol–water partition coefficient (Wildman–Crippen LogP) is 3.11. The molecular formula is C14H18N2S2. The minimum atomic E-state index is 0.456. The SMILES string of the molecule is Cc1csc(C(c2ccsc2)N2CCNCC2)c1. The highest BCUT2D eigenvalue weighted by Gasteiger charge is 2.25. The Morgan fingerprint density at radius 2 is 2.11 bits per heavy atom. The molecule has 2 aromatic rings. The molecule has 96 valence electrons. The van der Waals surface area contributed by atoms with Gasteiger partial charge in [0.1, 0.15) is 0 Å². The lowest BCUT2D eigenvalue weighted by Gasteiger charge is -2.34. The number of nitrogens with one attached hydrogen (secondary N) is 1. The molecule has 2 nitrogen and oxygen atoms in total. The standard InChI is InChI=1S/C14H18N2S2/c1-11-8-13(18-9-11)14(12-2-7-17-10-12)16-5-3-15-4-6-16/h2,7-10,14-15H,3-6H2,1H3. The first-order chi connectivity index (χ1) is 8.84. The van der Waals surface area contributed by atoms with E-state index in [2.05, 4.69) is 45.4 Å². The van der Waals surface area contributed by atoms with Gasteiger partial charge in [0, 0.05) is 31.1 Å². The van der Waals surface area contributed by atoms with Crippen molar-refractivity contribution in [2.24, 2.45) is 0 Å². The number of piperazine rings is 1. The maximum atomic E-state index is 3.44. The molecule has 1 unspecified atom stereocenters. The van der Waals surface area contributed by atoms with Crippen molar-refractivity contribution in [3.8, 4) is 0 Å². The molecule has 18 heavy (non-hydrogen) atoms. The molecule has 0 bridgehead atoms. The normalized spacial score (nSPS) is 18.9. The summed E-state index contributed by atoms with van der Waals surface area (Å²) in [5.74, 6) is 0. The molecule has 0 amide bonds. The summed E-state index contributed by atoms with van der Waals surface area (Å²) in [6.07, 6.45) is 0. The van der Waals surface area contributed by atoms with Crippen LogP contribution >= 0.6 is 22.7 Å². The summed E-state index contributed by atoms with van der Waals surface area (Å²) in [6, 6.07) is 5.07. The van der Waals surface area contributed by atoms with E-state index < -0.39 is 0 Å². The second kappa shape index (κ2) is 5.53. The molecule has 0 aromatic carbocycles. The lowest BCUT2D eigenvalue weighted by Crippen LogP contribution is -2.45. The Balaban J connectivity index is 1.92. The van der Waals surface area contributed by atoms with Crippen LogP contribution in [0.4, 0.5) is 0 Å². The number of rotatable bonds is 3. The van der Waals surface area contributed by atoms with E-state index in [1.165, 1.54) is 16.0 Å². The van der Waals surface area contributed by atoms with Gasteiger partial charge in [-0.3, -0.25) is 4.90 Å². The van der Waals surface area contributed by atoms with Crippen molar-refractivity contribution in [3.63, 3.8) is 0 Å². The first-order valence-corrected chi connectivity index (χ1v) is 8.19. The van der Waals surface area contributed by atoms with Crippen molar-refractivity contribution in [1.29, 1.82) is 0 Å². The molecule has 4 heteroatoms. The van der Waals surface area contributed by atoms with Crippen molar-refractivity contribution in [3.05, 3.63) is 44.3 Å². The Hall–Kier alpha value is -0.680. The van der Waals surface area contributed by atoms with Gasteiger partial charge in [0.25, 0.3) is 0 Å². The fraction of sp³-hybridized carbons (Fsp3) is 0.429. The van der Waals surface area contributed by atoms with Crippen molar-refractivity contribution in [1.82, 2.24) is 10.2 Å². The van der Waals surface area contributed by atoms with E-state index in [4.69, 9.17) is 0 Å². The Morgan fingerprint density at radius 1 is 1.28 bits per heavy atom. The Kier molecular flexibility index (Phi) is 3.80. The van der Waals surface area contributed by atoms with E-state index in [1.807, 2.05) is 11.3 Å². The number of hydrogen-bond donors (Lipinski definition) is 1. The molecule has 1 atom stereocenters. The zero-order valence-electron chi connectivity index (χ0n) is 10.6. The van der Waals surface area contributed by atoms with Crippen molar-refractivity contribution in [2.75, 3.05) is 26.2 Å². The van der Waals surface area contributed by atoms with E-state index in [0.29, 0.717) is 6.04 Å². The fourth-order valence-electron chi connectivity index (χ4n) is 2.52. The van der Waals surface area contributed by atoms with Gasteiger partial charge in [-0.15, -0.1) is 11.3 Å². The van der Waals surface area contributed by atoms with Gasteiger partial charge in [0.05, 0.1) is 6.04 Å². The van der Waals surface area contributed by atoms with Gasteiger partial charge in [-0.1, -0.05) is 0 Å². The minimum absolute atomic E-state index is 0.456. The van der Waals surface area contributed by atoms with Gasteiger partial charge in [-0.2, -0.15) is 11.3 Å². The van der Waals surface area contributed by atoms with E-state index in [-0.39, 0.29) is 0 Å². The second-order valence-electron chi connectivity index (χ2n) is 4.77. The Labute approximate surface area is 116 Å². The molecule has 1 aliphatic rings. The van der Waals surface area contributed by atoms with Crippen LogP contribution in [0.3, 0.4) is 0 Å². The molecule has 3 heterocycles. The van der Waals surface area contributed by atoms with Crippen LogP contribution in [-0.2, 0) is 0 Å². The summed E-state index contributed by atoms with van der Waals surface area (Å²) in [5, 5.41) is 10.2. The Bertz CT molecular complexity index is 484. The molecule has 0 radical (unpaired) electrons. The van der Waals surface area contributed by atoms with Crippen molar-refractivity contribution in [2.45, 2.75) is 13.0 Å². The summed E-state index contributed by atoms with van der Waals surface area (Å²) in [7, 11) is 0. The van der Waals surface area contributed by atoms with E-state index >= 15 is 0 Å². The first-order valence-electron chi connectivity index (χ1n) is 6.36. The van der Waals surface area contributed by atoms with E-state index in [1.54, 1.807) is 11.3 Å². The maximum absolute atomic E-state index is 3.44. The van der Waals surface area contributed by atoms with Crippen molar-refractivity contribution >= 4 is 22.7 Å². The summed E-state index contributed by atoms with van der Waals surface area (Å²) in [5.41, 5.74) is 2.83. The zero-order chi connectivity index (χ0) is 12.4. The topological polar surface area (TPSA) is 15.3 Å². The average Bonchev–Trinajstić information content (AvgIpc) is 3.04. The van der Waals surface area contributed by atoms with Gasteiger partial charge in [0.2, 0.25) is 0 Å². The van der Waals surface area contributed by atoms with Crippen LogP contribution in [0, 0.1) is 6.92 Å². The van der Waals surface area contributed by atoms with Crippen molar-refractivity contribution < 1.29 is 0 Å². The van der Waals surface area contributed by atoms with Gasteiger partial charge in [0.15, 0.2) is 0 Å². The summed E-state index contributed by atoms with van der Waals surface area (Å²) in [4.78, 5) is 4.08. The maximum Gasteiger partial charge on any atom is 0.0705 e. The first kappa shape index (κ1) is 12.4. The number of nitrogens with zero attached hydrogens (tertiary/aromatic N) is 1. The smallest absolute Gasteiger partial charge is 0.0705 e. The third kappa shape index (κ3) is 2.52. The highest BCUT2D eigenvalue weighted by atomic mass is 32.1. The highest BCUT2D eigenvalue weighted by Crippen LogP contribution is 2.34. The predicted molar refractivity (Wildman–Crippen MR) is 79.7 cm³/mol. The van der Waals surface area contributed by atoms with Crippen LogP contribution in [-0.4, -0.2) is 31.1 Å². The average molecular weight is 278 g/mol. The third-order valence-electron chi connectivity index (χ3n) is 3.40. The summed E-state index contributed by atoms with van der Waals surface area (Å²) < 4.78 is 0. The number of hydrogen-bond acceptors (Lipinski definition) is 4. The molecule has 2 aromatic heterocycles. The third-order valence-corrected chi connectivity index (χ3v) is 5.20. The zero-order valence-corrected chi connectivity index (χ0v) is 12.2. The molecule has 1 fully saturated rings. The number of thiophene rings is 2. The van der Waals surface area contributed by atoms with Gasteiger partial charge in [-0.05, 0) is 46.3 Å². The number of aryl methyl sites for hydroxylation is 1. The molecule has 0 saturated carbocycles. The monoisotopic (exact) mass is 278 g/mol. The molecule has 0 spiro atoms. The fourth-order valence-corrected chi connectivity index (χ4v) is 4.26. The lowest BCUT2D eigenvalue weighted by atomic mass is 10.1. The van der Waals surface area contributed by atoms with E-state index in [0.717, 1.165) is 26.2 Å².